The van der Waals surface area contributed by atoms with E-state index < -0.39 is 22.4 Å². The third-order valence-corrected chi connectivity index (χ3v) is 5.73. The summed E-state index contributed by atoms with van der Waals surface area (Å²) < 4.78 is 32.1. The highest BCUT2D eigenvalue weighted by molar-refractivity contribution is 7.87. The van der Waals surface area contributed by atoms with Gasteiger partial charge >= 0.3 is 16.3 Å². The smallest absolute Gasteiger partial charge is 0.421 e. The van der Waals surface area contributed by atoms with Crippen LogP contribution in [0.15, 0.2) is 0 Å². The average molecular weight is 306 g/mol. The standard InChI is InChI=1S/C12H22N2O5S/c1-19-12(16)13-20(17,18)14-8-3-2-6-10(14)9-5-4-7-11(9)15/h9-11,15H,2-8H2,1H3,(H,13,16). The molecule has 1 saturated carbocycles. The fourth-order valence-electron chi connectivity index (χ4n) is 3.28. The number of methoxy groups -OCH3 is 1. The van der Waals surface area contributed by atoms with Crippen LogP contribution in [0.3, 0.4) is 0 Å². The van der Waals surface area contributed by atoms with E-state index in [1.807, 2.05) is 4.72 Å². The lowest BCUT2D eigenvalue weighted by atomic mass is 9.89. The summed E-state index contributed by atoms with van der Waals surface area (Å²) in [5.41, 5.74) is 0. The van der Waals surface area contributed by atoms with Gasteiger partial charge in [-0.25, -0.2) is 9.52 Å². The summed E-state index contributed by atoms with van der Waals surface area (Å²) in [5, 5.41) is 10.0. The molecule has 1 saturated heterocycles. The summed E-state index contributed by atoms with van der Waals surface area (Å²) in [4.78, 5) is 11.2. The van der Waals surface area contributed by atoms with Gasteiger partial charge in [0.1, 0.15) is 0 Å². The Hall–Kier alpha value is -0.860. The molecule has 2 aliphatic rings. The number of hydrogen-bond donors (Lipinski definition) is 2. The fourth-order valence-corrected chi connectivity index (χ4v) is 4.68. The summed E-state index contributed by atoms with van der Waals surface area (Å²) in [5.74, 6) is -0.0375. The molecule has 0 aromatic heterocycles. The molecule has 116 valence electrons. The van der Waals surface area contributed by atoms with Crippen LogP contribution in [0.2, 0.25) is 0 Å². The molecule has 20 heavy (non-hydrogen) atoms. The predicted molar refractivity (Wildman–Crippen MR) is 72.2 cm³/mol. The minimum atomic E-state index is -3.91. The van der Waals surface area contributed by atoms with Gasteiger partial charge in [-0.3, -0.25) is 0 Å². The Bertz CT molecular complexity index is 453. The zero-order valence-electron chi connectivity index (χ0n) is 11.6. The van der Waals surface area contributed by atoms with Crippen molar-refractivity contribution in [2.24, 2.45) is 5.92 Å². The number of aliphatic hydroxyl groups excluding tert-OH is 1. The summed E-state index contributed by atoms with van der Waals surface area (Å²) in [6.45, 7) is 0.375. The first-order valence-electron chi connectivity index (χ1n) is 7.01. The van der Waals surface area contributed by atoms with E-state index in [1.165, 1.54) is 4.31 Å². The number of ether oxygens (including phenoxy) is 1. The van der Waals surface area contributed by atoms with E-state index in [-0.39, 0.29) is 12.0 Å². The first-order valence-corrected chi connectivity index (χ1v) is 8.45. The Balaban J connectivity index is 2.16. The molecule has 1 aliphatic heterocycles. The average Bonchev–Trinajstić information content (AvgIpc) is 2.84. The van der Waals surface area contributed by atoms with Gasteiger partial charge in [-0.15, -0.1) is 0 Å². The number of nitrogens with zero attached hydrogens (tertiary/aromatic N) is 1. The van der Waals surface area contributed by atoms with Gasteiger partial charge in [0.25, 0.3) is 0 Å². The van der Waals surface area contributed by atoms with E-state index in [0.717, 1.165) is 45.6 Å². The molecule has 3 unspecified atom stereocenters. The van der Waals surface area contributed by atoms with Gasteiger partial charge in [-0.05, 0) is 25.7 Å². The van der Waals surface area contributed by atoms with Gasteiger partial charge in [0.15, 0.2) is 0 Å². The first-order chi connectivity index (χ1) is 9.45. The SMILES string of the molecule is COC(=O)NS(=O)(=O)N1CCCCC1C1CCCC1O. The summed E-state index contributed by atoms with van der Waals surface area (Å²) in [6.07, 6.45) is 3.47. The topological polar surface area (TPSA) is 95.9 Å². The summed E-state index contributed by atoms with van der Waals surface area (Å²) >= 11 is 0. The Morgan fingerprint density at radius 3 is 2.60 bits per heavy atom. The molecule has 8 heteroatoms. The van der Waals surface area contributed by atoms with Crippen molar-refractivity contribution in [1.82, 2.24) is 9.03 Å². The van der Waals surface area contributed by atoms with Crippen molar-refractivity contribution in [3.05, 3.63) is 0 Å². The zero-order valence-corrected chi connectivity index (χ0v) is 12.4. The van der Waals surface area contributed by atoms with Crippen LogP contribution >= 0.6 is 0 Å². The second-order valence-corrected chi connectivity index (χ2v) is 7.06. The number of amides is 1. The largest absolute Gasteiger partial charge is 0.452 e. The van der Waals surface area contributed by atoms with Crippen molar-refractivity contribution in [3.8, 4) is 0 Å². The highest BCUT2D eigenvalue weighted by Gasteiger charge is 2.42. The number of hydrogen-bond acceptors (Lipinski definition) is 5. The third-order valence-electron chi connectivity index (χ3n) is 4.23. The van der Waals surface area contributed by atoms with Gasteiger partial charge in [0.2, 0.25) is 0 Å². The van der Waals surface area contributed by atoms with Crippen LogP contribution in [-0.4, -0.2) is 49.7 Å². The van der Waals surface area contributed by atoms with Gasteiger partial charge in [0.05, 0.1) is 13.2 Å². The van der Waals surface area contributed by atoms with Crippen molar-refractivity contribution in [1.29, 1.82) is 0 Å². The van der Waals surface area contributed by atoms with Crippen molar-refractivity contribution in [2.75, 3.05) is 13.7 Å². The number of aliphatic hydroxyl groups is 1. The number of piperidine rings is 1. The molecule has 0 aromatic rings. The maximum atomic E-state index is 12.3. The first kappa shape index (κ1) is 15.5. The highest BCUT2D eigenvalue weighted by atomic mass is 32.2. The van der Waals surface area contributed by atoms with Gasteiger partial charge in [-0.1, -0.05) is 12.8 Å². The van der Waals surface area contributed by atoms with Crippen LogP contribution < -0.4 is 4.72 Å². The van der Waals surface area contributed by atoms with Gasteiger partial charge in [0, 0.05) is 18.5 Å². The van der Waals surface area contributed by atoms with E-state index >= 15 is 0 Å². The molecular weight excluding hydrogens is 284 g/mol. The molecule has 1 amide bonds. The molecule has 1 heterocycles. The number of carbonyl (C=O) groups is 1. The fraction of sp³-hybridized carbons (Fsp3) is 0.917. The minimum absolute atomic E-state index is 0.0375. The van der Waals surface area contributed by atoms with Crippen LogP contribution in [-0.2, 0) is 14.9 Å². The van der Waals surface area contributed by atoms with Crippen LogP contribution in [0.1, 0.15) is 38.5 Å². The molecule has 3 atom stereocenters. The molecule has 2 rings (SSSR count). The third kappa shape index (κ3) is 3.24. The second-order valence-electron chi connectivity index (χ2n) is 5.43. The Labute approximate surface area is 119 Å². The molecule has 2 N–H and O–H groups in total. The zero-order chi connectivity index (χ0) is 14.8. The van der Waals surface area contributed by atoms with E-state index in [2.05, 4.69) is 4.74 Å². The van der Waals surface area contributed by atoms with Gasteiger partial charge < -0.3 is 9.84 Å². The highest BCUT2D eigenvalue weighted by Crippen LogP contribution is 2.36. The van der Waals surface area contributed by atoms with E-state index in [4.69, 9.17) is 0 Å². The molecule has 0 bridgehead atoms. The molecule has 1 aliphatic carbocycles. The van der Waals surface area contributed by atoms with Crippen molar-refractivity contribution in [3.63, 3.8) is 0 Å². The summed E-state index contributed by atoms with van der Waals surface area (Å²) in [7, 11) is -2.78. The van der Waals surface area contributed by atoms with E-state index in [9.17, 15) is 18.3 Å². The lowest BCUT2D eigenvalue weighted by molar-refractivity contribution is 0.0718. The number of nitrogens with one attached hydrogen (secondary N) is 1. The van der Waals surface area contributed by atoms with Gasteiger partial charge in [-0.2, -0.15) is 12.7 Å². The Morgan fingerprint density at radius 2 is 2.00 bits per heavy atom. The number of carbonyl (C=O) groups excluding carboxylic acids is 1. The maximum absolute atomic E-state index is 12.3. The second kappa shape index (κ2) is 6.28. The van der Waals surface area contributed by atoms with Crippen molar-refractivity contribution < 1.29 is 23.1 Å². The number of rotatable bonds is 3. The molecule has 2 fully saturated rings. The van der Waals surface area contributed by atoms with E-state index in [0.29, 0.717) is 6.54 Å². The minimum Gasteiger partial charge on any atom is -0.452 e. The Morgan fingerprint density at radius 1 is 1.25 bits per heavy atom. The monoisotopic (exact) mass is 306 g/mol. The molecular formula is C12H22N2O5S. The van der Waals surface area contributed by atoms with Crippen LogP contribution in [0.5, 0.6) is 0 Å². The quantitative estimate of drug-likeness (QED) is 0.796. The molecule has 7 nitrogen and oxygen atoms in total. The maximum Gasteiger partial charge on any atom is 0.421 e. The molecule has 0 radical (unpaired) electrons. The van der Waals surface area contributed by atoms with E-state index in [1.54, 1.807) is 0 Å². The van der Waals surface area contributed by atoms with Crippen LogP contribution in [0, 0.1) is 5.92 Å². The lowest BCUT2D eigenvalue weighted by Gasteiger charge is -2.38. The predicted octanol–water partition coefficient (Wildman–Crippen LogP) is 0.603. The van der Waals surface area contributed by atoms with Crippen molar-refractivity contribution >= 4 is 16.3 Å². The normalized spacial score (nSPS) is 32.0. The van der Waals surface area contributed by atoms with Crippen LogP contribution in [0.4, 0.5) is 4.79 Å². The lowest BCUT2D eigenvalue weighted by Crippen LogP contribution is -2.54. The van der Waals surface area contributed by atoms with Crippen molar-refractivity contribution in [2.45, 2.75) is 50.7 Å². The Kier molecular flexibility index (Phi) is 4.87. The molecule has 0 aromatic carbocycles. The molecule has 0 spiro atoms. The summed E-state index contributed by atoms with van der Waals surface area (Å²) in [6, 6.07) is -0.233. The van der Waals surface area contributed by atoms with Crippen LogP contribution in [0.25, 0.3) is 0 Å².